The number of aromatic nitrogens is 1. The van der Waals surface area contributed by atoms with E-state index in [-0.39, 0.29) is 24.6 Å². The molecule has 6 nitrogen and oxygen atoms in total. The number of ether oxygens (including phenoxy) is 2. The number of carbonyl (C=O) groups is 2. The molecule has 5 rings (SSSR count). The number of benzene rings is 3. The standard InChI is InChI=1S/C27H24N2O4/c1-32-26(30)19-13-11-18(12-14-19)24-25-21(20-9-5-6-10-22(20)28-25)15-23(29-24)27(31)33-16-17-7-3-2-4-8-17/h2-14,23-24,28-29H,15-16H2,1H3/t23-,24+/m1/s1. The van der Waals surface area contributed by atoms with Crippen molar-refractivity contribution in [3.8, 4) is 0 Å². The first-order chi connectivity index (χ1) is 16.1. The van der Waals surface area contributed by atoms with Crippen LogP contribution < -0.4 is 5.32 Å². The molecule has 166 valence electrons. The Morgan fingerprint density at radius 1 is 0.939 bits per heavy atom. The Balaban J connectivity index is 1.46. The van der Waals surface area contributed by atoms with E-state index < -0.39 is 6.04 Å². The third-order valence-corrected chi connectivity index (χ3v) is 6.08. The molecule has 0 aliphatic carbocycles. The summed E-state index contributed by atoms with van der Waals surface area (Å²) in [6, 6.07) is 24.3. The molecule has 1 aliphatic heterocycles. The van der Waals surface area contributed by atoms with Crippen molar-refractivity contribution in [3.05, 3.63) is 107 Å². The number of para-hydroxylation sites is 1. The average molecular weight is 440 g/mol. The molecule has 2 atom stereocenters. The van der Waals surface area contributed by atoms with Crippen LogP contribution in [0.4, 0.5) is 0 Å². The van der Waals surface area contributed by atoms with E-state index in [1.807, 2.05) is 60.7 Å². The smallest absolute Gasteiger partial charge is 0.337 e. The maximum absolute atomic E-state index is 13.0. The fraction of sp³-hybridized carbons (Fsp3) is 0.185. The first-order valence-electron chi connectivity index (χ1n) is 10.9. The predicted octanol–water partition coefficient (Wildman–Crippen LogP) is 4.30. The van der Waals surface area contributed by atoms with Crippen molar-refractivity contribution in [2.45, 2.75) is 25.1 Å². The van der Waals surface area contributed by atoms with Gasteiger partial charge in [0.05, 0.1) is 18.7 Å². The number of carbonyl (C=O) groups excluding carboxylic acids is 2. The number of hydrogen-bond acceptors (Lipinski definition) is 5. The van der Waals surface area contributed by atoms with Crippen LogP contribution in [0.2, 0.25) is 0 Å². The highest BCUT2D eigenvalue weighted by molar-refractivity contribution is 5.89. The maximum atomic E-state index is 13.0. The molecule has 0 unspecified atom stereocenters. The van der Waals surface area contributed by atoms with Crippen molar-refractivity contribution in [3.63, 3.8) is 0 Å². The van der Waals surface area contributed by atoms with Gasteiger partial charge >= 0.3 is 11.9 Å². The Labute approximate surface area is 191 Å². The van der Waals surface area contributed by atoms with E-state index in [0.717, 1.165) is 33.3 Å². The minimum Gasteiger partial charge on any atom is -0.465 e. The summed E-state index contributed by atoms with van der Waals surface area (Å²) < 4.78 is 10.5. The molecule has 0 spiro atoms. The summed E-state index contributed by atoms with van der Waals surface area (Å²) in [6.45, 7) is 0.233. The molecule has 33 heavy (non-hydrogen) atoms. The third-order valence-electron chi connectivity index (χ3n) is 6.08. The zero-order valence-electron chi connectivity index (χ0n) is 18.2. The highest BCUT2D eigenvalue weighted by Gasteiger charge is 2.34. The number of methoxy groups -OCH3 is 1. The lowest BCUT2D eigenvalue weighted by atomic mass is 9.90. The van der Waals surface area contributed by atoms with Gasteiger partial charge in [-0.1, -0.05) is 60.7 Å². The van der Waals surface area contributed by atoms with Gasteiger partial charge in [0.25, 0.3) is 0 Å². The molecule has 0 bridgehead atoms. The quantitative estimate of drug-likeness (QED) is 0.452. The zero-order chi connectivity index (χ0) is 22.8. The average Bonchev–Trinajstić information content (AvgIpc) is 3.25. The third kappa shape index (κ3) is 4.13. The molecule has 6 heteroatoms. The van der Waals surface area contributed by atoms with Gasteiger partial charge in [0.15, 0.2) is 0 Å². The minimum absolute atomic E-state index is 0.233. The lowest BCUT2D eigenvalue weighted by molar-refractivity contribution is -0.147. The normalized spacial score (nSPS) is 17.4. The van der Waals surface area contributed by atoms with Crippen LogP contribution in [0.15, 0.2) is 78.9 Å². The van der Waals surface area contributed by atoms with E-state index in [1.165, 1.54) is 7.11 Å². The molecule has 0 amide bonds. The van der Waals surface area contributed by atoms with Crippen molar-refractivity contribution < 1.29 is 19.1 Å². The zero-order valence-corrected chi connectivity index (χ0v) is 18.2. The first kappa shape index (κ1) is 21.0. The van der Waals surface area contributed by atoms with Gasteiger partial charge in [0.2, 0.25) is 0 Å². The highest BCUT2D eigenvalue weighted by Crippen LogP contribution is 2.35. The number of esters is 2. The van der Waals surface area contributed by atoms with Gasteiger partial charge in [-0.15, -0.1) is 0 Å². The fourth-order valence-corrected chi connectivity index (χ4v) is 4.41. The Kier molecular flexibility index (Phi) is 5.67. The summed E-state index contributed by atoms with van der Waals surface area (Å²) in [5.74, 6) is -0.669. The fourth-order valence-electron chi connectivity index (χ4n) is 4.41. The Hall–Kier alpha value is -3.90. The van der Waals surface area contributed by atoms with E-state index in [4.69, 9.17) is 9.47 Å². The summed E-state index contributed by atoms with van der Waals surface area (Å²) in [5, 5.41) is 4.57. The number of H-pyrrole nitrogens is 1. The molecular formula is C27H24N2O4. The van der Waals surface area contributed by atoms with Crippen LogP contribution in [0.1, 0.15) is 38.8 Å². The summed E-state index contributed by atoms with van der Waals surface area (Å²) in [6.07, 6.45) is 0.531. The maximum Gasteiger partial charge on any atom is 0.337 e. The molecule has 0 fully saturated rings. The van der Waals surface area contributed by atoms with Gasteiger partial charge in [0.1, 0.15) is 12.6 Å². The minimum atomic E-state index is -0.495. The van der Waals surface area contributed by atoms with Crippen LogP contribution in [0.3, 0.4) is 0 Å². The number of fused-ring (bicyclic) bond motifs is 3. The van der Waals surface area contributed by atoms with Gasteiger partial charge < -0.3 is 14.5 Å². The number of hydrogen-bond donors (Lipinski definition) is 2. The van der Waals surface area contributed by atoms with Crippen molar-refractivity contribution >= 4 is 22.8 Å². The number of rotatable bonds is 5. The molecular weight excluding hydrogens is 416 g/mol. The Bertz CT molecular complexity index is 1290. The van der Waals surface area contributed by atoms with Crippen molar-refractivity contribution in [2.75, 3.05) is 7.11 Å². The van der Waals surface area contributed by atoms with E-state index in [1.54, 1.807) is 12.1 Å². The molecule has 1 aromatic heterocycles. The Morgan fingerprint density at radius 2 is 1.67 bits per heavy atom. The van der Waals surface area contributed by atoms with Crippen LogP contribution in [0, 0.1) is 0 Å². The highest BCUT2D eigenvalue weighted by atomic mass is 16.5. The largest absolute Gasteiger partial charge is 0.465 e. The van der Waals surface area contributed by atoms with Gasteiger partial charge in [-0.25, -0.2) is 4.79 Å². The predicted molar refractivity (Wildman–Crippen MR) is 125 cm³/mol. The number of aromatic amines is 1. The summed E-state index contributed by atoms with van der Waals surface area (Å²) in [7, 11) is 1.36. The van der Waals surface area contributed by atoms with E-state index in [0.29, 0.717) is 12.0 Å². The van der Waals surface area contributed by atoms with Gasteiger partial charge in [-0.05, 0) is 34.9 Å². The molecule has 1 aliphatic rings. The van der Waals surface area contributed by atoms with Crippen LogP contribution in [0.25, 0.3) is 10.9 Å². The molecule has 2 N–H and O–H groups in total. The molecule has 0 saturated heterocycles. The first-order valence-corrected chi connectivity index (χ1v) is 10.9. The van der Waals surface area contributed by atoms with Crippen LogP contribution in [0.5, 0.6) is 0 Å². The molecule has 2 heterocycles. The summed E-state index contributed by atoms with van der Waals surface area (Å²) in [5.41, 5.74) is 5.52. The second-order valence-electron chi connectivity index (χ2n) is 8.13. The van der Waals surface area contributed by atoms with Gasteiger partial charge in [0, 0.05) is 23.0 Å². The molecule has 3 aromatic carbocycles. The monoisotopic (exact) mass is 440 g/mol. The summed E-state index contributed by atoms with van der Waals surface area (Å²) >= 11 is 0. The van der Waals surface area contributed by atoms with E-state index >= 15 is 0 Å². The SMILES string of the molecule is COC(=O)c1ccc([C@@H]2N[C@@H](C(=O)OCc3ccccc3)Cc3c2[nH]c2ccccc32)cc1. The second kappa shape index (κ2) is 8.92. The number of nitrogens with one attached hydrogen (secondary N) is 2. The van der Waals surface area contributed by atoms with Gasteiger partial charge in [-0.3, -0.25) is 10.1 Å². The van der Waals surface area contributed by atoms with Crippen LogP contribution in [-0.2, 0) is 27.3 Å². The van der Waals surface area contributed by atoms with Crippen molar-refractivity contribution in [2.24, 2.45) is 0 Å². The van der Waals surface area contributed by atoms with E-state index in [9.17, 15) is 9.59 Å². The summed E-state index contributed by atoms with van der Waals surface area (Å²) in [4.78, 5) is 28.4. The second-order valence-corrected chi connectivity index (χ2v) is 8.13. The molecule has 0 radical (unpaired) electrons. The molecule has 4 aromatic rings. The van der Waals surface area contributed by atoms with Crippen LogP contribution in [-0.4, -0.2) is 30.1 Å². The van der Waals surface area contributed by atoms with Crippen molar-refractivity contribution in [1.29, 1.82) is 0 Å². The van der Waals surface area contributed by atoms with Crippen LogP contribution >= 0.6 is 0 Å². The Morgan fingerprint density at radius 3 is 2.42 bits per heavy atom. The van der Waals surface area contributed by atoms with Crippen molar-refractivity contribution in [1.82, 2.24) is 10.3 Å². The lowest BCUT2D eigenvalue weighted by Gasteiger charge is -2.30. The van der Waals surface area contributed by atoms with Gasteiger partial charge in [-0.2, -0.15) is 0 Å². The topological polar surface area (TPSA) is 80.4 Å². The molecule has 0 saturated carbocycles. The van der Waals surface area contributed by atoms with E-state index in [2.05, 4.69) is 16.4 Å². The lowest BCUT2D eigenvalue weighted by Crippen LogP contribution is -2.45.